The Bertz CT molecular complexity index is 318. The van der Waals surface area contributed by atoms with Gasteiger partial charge in [0.15, 0.2) is 0 Å². The van der Waals surface area contributed by atoms with E-state index in [2.05, 4.69) is 13.5 Å². The van der Waals surface area contributed by atoms with Crippen LogP contribution in [0.3, 0.4) is 0 Å². The lowest BCUT2D eigenvalue weighted by molar-refractivity contribution is -0.152. The lowest BCUT2D eigenvalue weighted by Crippen LogP contribution is -2.28. The Morgan fingerprint density at radius 2 is 1.22 bits per heavy atom. The Labute approximate surface area is 145 Å². The molecule has 0 N–H and O–H groups in total. The van der Waals surface area contributed by atoms with E-state index in [4.69, 9.17) is 4.74 Å². The zero-order valence-corrected chi connectivity index (χ0v) is 16.2. The topological polar surface area (TPSA) is 26.3 Å². The molecule has 0 aliphatic heterocycles. The highest BCUT2D eigenvalue weighted by atomic mass is 16.6. The van der Waals surface area contributed by atoms with Crippen LogP contribution in [0.25, 0.3) is 0 Å². The number of carbonyl (C=O) groups is 1. The first-order chi connectivity index (χ1) is 10.9. The summed E-state index contributed by atoms with van der Waals surface area (Å²) in [4.78, 5) is 11.6. The zero-order chi connectivity index (χ0) is 17.6. The Morgan fingerprint density at radius 3 is 1.61 bits per heavy atom. The molecule has 2 nitrogen and oxygen atoms in total. The molecule has 0 radical (unpaired) electrons. The summed E-state index contributed by atoms with van der Waals surface area (Å²) in [6.45, 7) is 11.6. The molecule has 0 atom stereocenters. The van der Waals surface area contributed by atoms with Crippen LogP contribution in [0.1, 0.15) is 111 Å². The molecule has 0 spiro atoms. The van der Waals surface area contributed by atoms with Gasteiger partial charge in [-0.15, -0.1) is 0 Å². The van der Waals surface area contributed by atoms with E-state index < -0.39 is 0 Å². The van der Waals surface area contributed by atoms with Crippen molar-refractivity contribution < 1.29 is 9.53 Å². The second-order valence-corrected chi connectivity index (χ2v) is 7.57. The maximum absolute atomic E-state index is 11.6. The number of rotatable bonds is 15. The molecule has 0 aromatic rings. The predicted molar refractivity (Wildman–Crippen MR) is 101 cm³/mol. The lowest BCUT2D eigenvalue weighted by atomic mass is 9.99. The Kier molecular flexibility index (Phi) is 13.2. The van der Waals surface area contributed by atoms with Gasteiger partial charge in [-0.2, -0.15) is 0 Å². The first-order valence-electron chi connectivity index (χ1n) is 9.78. The van der Waals surface area contributed by atoms with E-state index in [1.165, 1.54) is 70.6 Å². The van der Waals surface area contributed by atoms with Gasteiger partial charge in [0.25, 0.3) is 0 Å². The molecular weight excluding hydrogens is 284 g/mol. The van der Waals surface area contributed by atoms with E-state index >= 15 is 0 Å². The van der Waals surface area contributed by atoms with Gasteiger partial charge in [-0.25, -0.2) is 4.79 Å². The highest BCUT2D eigenvalue weighted by Crippen LogP contribution is 2.21. The quantitative estimate of drug-likeness (QED) is 0.184. The molecule has 0 rings (SSSR count). The molecule has 0 amide bonds. The van der Waals surface area contributed by atoms with E-state index in [-0.39, 0.29) is 11.6 Å². The fourth-order valence-corrected chi connectivity index (χ4v) is 2.78. The van der Waals surface area contributed by atoms with Crippen LogP contribution < -0.4 is 0 Å². The van der Waals surface area contributed by atoms with Crippen LogP contribution in [-0.4, -0.2) is 11.6 Å². The van der Waals surface area contributed by atoms with Gasteiger partial charge in [-0.05, 0) is 33.6 Å². The Morgan fingerprint density at radius 1 is 0.826 bits per heavy atom. The summed E-state index contributed by atoms with van der Waals surface area (Å²) in [7, 11) is 0. The molecule has 0 heterocycles. The zero-order valence-electron chi connectivity index (χ0n) is 16.2. The molecule has 136 valence electrons. The van der Waals surface area contributed by atoms with Crippen LogP contribution in [0.5, 0.6) is 0 Å². The van der Waals surface area contributed by atoms with Crippen molar-refractivity contribution >= 4 is 5.97 Å². The van der Waals surface area contributed by atoms with Crippen molar-refractivity contribution in [3.05, 3.63) is 12.2 Å². The van der Waals surface area contributed by atoms with Crippen molar-refractivity contribution in [3.63, 3.8) is 0 Å². The molecule has 0 saturated carbocycles. The van der Waals surface area contributed by atoms with Gasteiger partial charge in [-0.3, -0.25) is 0 Å². The number of hydrogen-bond acceptors (Lipinski definition) is 2. The average Bonchev–Trinajstić information content (AvgIpc) is 2.47. The van der Waals surface area contributed by atoms with Gasteiger partial charge in [0.2, 0.25) is 0 Å². The standard InChI is InChI=1S/C21H40O2/c1-6-7-8-9-10-11-12-13-14-15-16-17-18-21(4,5)23-20(22)19(2)3/h2,6-18H2,1,3-5H3. The minimum Gasteiger partial charge on any atom is -0.456 e. The summed E-state index contributed by atoms with van der Waals surface area (Å²) in [5.41, 5.74) is 0.113. The van der Waals surface area contributed by atoms with Crippen molar-refractivity contribution in [1.82, 2.24) is 0 Å². The molecule has 0 aromatic heterocycles. The van der Waals surface area contributed by atoms with Gasteiger partial charge in [-0.1, -0.05) is 84.1 Å². The molecule has 0 saturated heterocycles. The Balaban J connectivity index is 3.41. The summed E-state index contributed by atoms with van der Waals surface area (Å²) in [6.07, 6.45) is 17.1. The predicted octanol–water partition coefficient (Wildman–Crippen LogP) is 6.98. The van der Waals surface area contributed by atoms with Crippen LogP contribution in [0.4, 0.5) is 0 Å². The maximum atomic E-state index is 11.6. The van der Waals surface area contributed by atoms with E-state index in [1.54, 1.807) is 6.92 Å². The highest BCUT2D eigenvalue weighted by molar-refractivity contribution is 5.87. The SMILES string of the molecule is C=C(C)C(=O)OC(C)(C)CCCCCCCCCCCCCC. The van der Waals surface area contributed by atoms with Gasteiger partial charge >= 0.3 is 5.97 Å². The monoisotopic (exact) mass is 324 g/mol. The van der Waals surface area contributed by atoms with E-state index in [0.29, 0.717) is 5.57 Å². The normalized spacial score (nSPS) is 11.5. The van der Waals surface area contributed by atoms with E-state index in [0.717, 1.165) is 12.8 Å². The van der Waals surface area contributed by atoms with Crippen molar-refractivity contribution in [1.29, 1.82) is 0 Å². The third-order valence-electron chi connectivity index (χ3n) is 4.35. The Hall–Kier alpha value is -0.790. The van der Waals surface area contributed by atoms with Crippen LogP contribution >= 0.6 is 0 Å². The first kappa shape index (κ1) is 22.2. The molecule has 2 heteroatoms. The van der Waals surface area contributed by atoms with Crippen molar-refractivity contribution in [2.45, 2.75) is 117 Å². The largest absolute Gasteiger partial charge is 0.456 e. The first-order valence-corrected chi connectivity index (χ1v) is 9.78. The molecule has 0 bridgehead atoms. The fraction of sp³-hybridized carbons (Fsp3) is 0.857. The summed E-state index contributed by atoms with van der Waals surface area (Å²) in [5.74, 6) is -0.270. The number of ether oxygens (including phenoxy) is 1. The van der Waals surface area contributed by atoms with Gasteiger partial charge < -0.3 is 4.74 Å². The molecule has 23 heavy (non-hydrogen) atoms. The summed E-state index contributed by atoms with van der Waals surface area (Å²) >= 11 is 0. The molecule has 0 aromatic carbocycles. The maximum Gasteiger partial charge on any atom is 0.333 e. The van der Waals surface area contributed by atoms with Crippen molar-refractivity contribution in [2.75, 3.05) is 0 Å². The molecule has 0 aliphatic carbocycles. The van der Waals surface area contributed by atoms with Gasteiger partial charge in [0.05, 0.1) is 0 Å². The molecular formula is C21H40O2. The summed E-state index contributed by atoms with van der Waals surface area (Å²) in [5, 5.41) is 0. The minimum absolute atomic E-state index is 0.270. The second kappa shape index (κ2) is 13.6. The molecule has 0 fully saturated rings. The average molecular weight is 325 g/mol. The highest BCUT2D eigenvalue weighted by Gasteiger charge is 2.22. The van der Waals surface area contributed by atoms with Crippen LogP contribution in [-0.2, 0) is 9.53 Å². The smallest absolute Gasteiger partial charge is 0.333 e. The molecule has 0 aliphatic rings. The van der Waals surface area contributed by atoms with Crippen molar-refractivity contribution in [2.24, 2.45) is 0 Å². The third kappa shape index (κ3) is 14.5. The number of carbonyl (C=O) groups excluding carboxylic acids is 1. The van der Waals surface area contributed by atoms with Gasteiger partial charge in [0, 0.05) is 5.57 Å². The number of esters is 1. The third-order valence-corrected chi connectivity index (χ3v) is 4.35. The van der Waals surface area contributed by atoms with Gasteiger partial charge in [0.1, 0.15) is 5.60 Å². The number of hydrogen-bond donors (Lipinski definition) is 0. The van der Waals surface area contributed by atoms with Crippen LogP contribution in [0.2, 0.25) is 0 Å². The van der Waals surface area contributed by atoms with E-state index in [9.17, 15) is 4.79 Å². The van der Waals surface area contributed by atoms with Crippen molar-refractivity contribution in [3.8, 4) is 0 Å². The second-order valence-electron chi connectivity index (χ2n) is 7.57. The lowest BCUT2D eigenvalue weighted by Gasteiger charge is -2.25. The molecule has 0 unspecified atom stereocenters. The fourth-order valence-electron chi connectivity index (χ4n) is 2.78. The van der Waals surface area contributed by atoms with E-state index in [1.807, 2.05) is 13.8 Å². The summed E-state index contributed by atoms with van der Waals surface area (Å²) in [6, 6.07) is 0. The van der Waals surface area contributed by atoms with Crippen LogP contribution in [0.15, 0.2) is 12.2 Å². The minimum atomic E-state index is -0.367. The van der Waals surface area contributed by atoms with Crippen LogP contribution in [0, 0.1) is 0 Å². The summed E-state index contributed by atoms with van der Waals surface area (Å²) < 4.78 is 5.46. The number of unbranched alkanes of at least 4 members (excludes halogenated alkanes) is 11.